The van der Waals surface area contributed by atoms with E-state index in [1.54, 1.807) is 0 Å². The summed E-state index contributed by atoms with van der Waals surface area (Å²) in [6.45, 7) is 1.47. The van der Waals surface area contributed by atoms with Gasteiger partial charge in [0.2, 0.25) is 0 Å². The number of nitrogens with one attached hydrogen (secondary N) is 1. The van der Waals surface area contributed by atoms with E-state index >= 15 is 0 Å². The lowest BCUT2D eigenvalue weighted by Gasteiger charge is -2.17. The standard InChI is InChI=1S/C17H13F6NO/c1-10(11-6-8-12(9-7-11)16(18,19)20)24-15(25)13-4-2-3-5-14(13)17(21,22)23/h2-10H,1H3,(H,24,25). The lowest BCUT2D eigenvalue weighted by Crippen LogP contribution is -2.28. The molecule has 0 aliphatic rings. The number of hydrogen-bond acceptors (Lipinski definition) is 1. The number of halogens is 6. The predicted octanol–water partition coefficient (Wildman–Crippen LogP) is 5.22. The van der Waals surface area contributed by atoms with Gasteiger partial charge < -0.3 is 5.32 Å². The minimum atomic E-state index is -4.69. The van der Waals surface area contributed by atoms with E-state index in [1.807, 2.05) is 0 Å². The molecule has 0 aliphatic heterocycles. The number of carbonyl (C=O) groups is 1. The Morgan fingerprint density at radius 1 is 0.880 bits per heavy atom. The molecule has 25 heavy (non-hydrogen) atoms. The van der Waals surface area contributed by atoms with Gasteiger partial charge in [0, 0.05) is 0 Å². The molecular formula is C17H13F6NO. The Bertz CT molecular complexity index is 749. The highest BCUT2D eigenvalue weighted by Gasteiger charge is 2.35. The Hall–Kier alpha value is -2.51. The molecule has 0 aromatic heterocycles. The number of hydrogen-bond donors (Lipinski definition) is 1. The molecule has 1 unspecified atom stereocenters. The molecule has 2 rings (SSSR count). The van der Waals surface area contributed by atoms with E-state index in [0.29, 0.717) is 5.56 Å². The molecule has 0 aliphatic carbocycles. The van der Waals surface area contributed by atoms with Crippen LogP contribution in [0.1, 0.15) is 40.0 Å². The molecule has 0 fully saturated rings. The van der Waals surface area contributed by atoms with E-state index in [1.165, 1.54) is 31.2 Å². The molecule has 8 heteroatoms. The molecule has 1 amide bonds. The van der Waals surface area contributed by atoms with Crippen molar-refractivity contribution >= 4 is 5.91 Å². The Labute approximate surface area is 139 Å². The van der Waals surface area contributed by atoms with Crippen LogP contribution in [0, 0.1) is 0 Å². The smallest absolute Gasteiger partial charge is 0.346 e. The third-order valence-electron chi connectivity index (χ3n) is 3.56. The lowest BCUT2D eigenvalue weighted by atomic mass is 10.0. The van der Waals surface area contributed by atoms with Gasteiger partial charge in [-0.05, 0) is 36.8 Å². The largest absolute Gasteiger partial charge is 0.417 e. The highest BCUT2D eigenvalue weighted by molar-refractivity contribution is 5.96. The second-order valence-corrected chi connectivity index (χ2v) is 5.36. The average Bonchev–Trinajstić information content (AvgIpc) is 2.53. The highest BCUT2D eigenvalue weighted by Crippen LogP contribution is 2.32. The van der Waals surface area contributed by atoms with Crippen molar-refractivity contribution in [1.82, 2.24) is 5.32 Å². The lowest BCUT2D eigenvalue weighted by molar-refractivity contribution is -0.138. The van der Waals surface area contributed by atoms with E-state index in [9.17, 15) is 31.1 Å². The molecule has 0 bridgehead atoms. The van der Waals surface area contributed by atoms with Crippen LogP contribution in [0.15, 0.2) is 48.5 Å². The SMILES string of the molecule is CC(NC(=O)c1ccccc1C(F)(F)F)c1ccc(C(F)(F)F)cc1. The van der Waals surface area contributed by atoms with E-state index < -0.39 is 41.0 Å². The van der Waals surface area contributed by atoms with E-state index in [0.717, 1.165) is 24.3 Å². The fraction of sp³-hybridized carbons (Fsp3) is 0.235. The van der Waals surface area contributed by atoms with Crippen LogP contribution in [0.2, 0.25) is 0 Å². The first-order chi connectivity index (χ1) is 11.5. The van der Waals surface area contributed by atoms with Crippen molar-refractivity contribution in [1.29, 1.82) is 0 Å². The van der Waals surface area contributed by atoms with Gasteiger partial charge in [-0.3, -0.25) is 4.79 Å². The van der Waals surface area contributed by atoms with Gasteiger partial charge in [0.15, 0.2) is 0 Å². The van der Waals surface area contributed by atoms with Crippen molar-refractivity contribution < 1.29 is 31.1 Å². The second kappa shape index (κ2) is 6.78. The summed E-state index contributed by atoms with van der Waals surface area (Å²) in [5, 5.41) is 2.36. The molecule has 1 N–H and O–H groups in total. The number of benzene rings is 2. The highest BCUT2D eigenvalue weighted by atomic mass is 19.4. The molecule has 2 aromatic carbocycles. The zero-order chi connectivity index (χ0) is 18.8. The molecule has 0 radical (unpaired) electrons. The summed E-state index contributed by atoms with van der Waals surface area (Å²) in [6.07, 6.45) is -9.18. The molecule has 1 atom stereocenters. The quantitative estimate of drug-likeness (QED) is 0.747. The molecule has 0 spiro atoms. The van der Waals surface area contributed by atoms with Crippen LogP contribution in [-0.4, -0.2) is 5.91 Å². The summed E-state index contributed by atoms with van der Waals surface area (Å²) in [5.41, 5.74) is -2.14. The maximum atomic E-state index is 12.9. The van der Waals surface area contributed by atoms with Crippen molar-refractivity contribution in [3.05, 3.63) is 70.8 Å². The molecule has 2 aromatic rings. The van der Waals surface area contributed by atoms with Gasteiger partial charge in [-0.1, -0.05) is 24.3 Å². The predicted molar refractivity (Wildman–Crippen MR) is 78.8 cm³/mol. The van der Waals surface area contributed by atoms with E-state index in [2.05, 4.69) is 5.32 Å². The third-order valence-corrected chi connectivity index (χ3v) is 3.56. The molecule has 0 heterocycles. The second-order valence-electron chi connectivity index (χ2n) is 5.36. The number of amides is 1. The van der Waals surface area contributed by atoms with Crippen LogP contribution < -0.4 is 5.32 Å². The first-order valence-electron chi connectivity index (χ1n) is 7.14. The van der Waals surface area contributed by atoms with Gasteiger partial charge in [-0.15, -0.1) is 0 Å². The van der Waals surface area contributed by atoms with Gasteiger partial charge in [-0.2, -0.15) is 26.3 Å². The van der Waals surface area contributed by atoms with Crippen LogP contribution in [0.3, 0.4) is 0 Å². The maximum Gasteiger partial charge on any atom is 0.417 e. The summed E-state index contributed by atoms with van der Waals surface area (Å²) >= 11 is 0. The number of carbonyl (C=O) groups excluding carboxylic acids is 1. The fourth-order valence-electron chi connectivity index (χ4n) is 2.25. The summed E-state index contributed by atoms with van der Waals surface area (Å²) in [7, 11) is 0. The molecule has 134 valence electrons. The summed E-state index contributed by atoms with van der Waals surface area (Å²) in [5.74, 6) is -0.958. The molecule has 0 saturated carbocycles. The van der Waals surface area contributed by atoms with Gasteiger partial charge in [0.1, 0.15) is 0 Å². The van der Waals surface area contributed by atoms with Crippen LogP contribution in [0.4, 0.5) is 26.3 Å². The van der Waals surface area contributed by atoms with Crippen LogP contribution >= 0.6 is 0 Å². The Morgan fingerprint density at radius 2 is 1.44 bits per heavy atom. The minimum Gasteiger partial charge on any atom is -0.346 e. The minimum absolute atomic E-state index is 0.339. The van der Waals surface area contributed by atoms with Crippen molar-refractivity contribution in [2.45, 2.75) is 25.3 Å². The number of alkyl halides is 6. The summed E-state index contributed by atoms with van der Waals surface area (Å²) < 4.78 is 76.4. The van der Waals surface area contributed by atoms with Crippen LogP contribution in [0.25, 0.3) is 0 Å². The molecule has 2 nitrogen and oxygen atoms in total. The molecule has 0 saturated heterocycles. The summed E-state index contributed by atoms with van der Waals surface area (Å²) in [6, 6.07) is 7.56. The third kappa shape index (κ3) is 4.52. The van der Waals surface area contributed by atoms with E-state index in [4.69, 9.17) is 0 Å². The molecular weight excluding hydrogens is 348 g/mol. The Balaban J connectivity index is 2.19. The van der Waals surface area contributed by atoms with Crippen molar-refractivity contribution in [3.63, 3.8) is 0 Å². The van der Waals surface area contributed by atoms with Crippen LogP contribution in [-0.2, 0) is 12.4 Å². The average molecular weight is 361 g/mol. The zero-order valence-corrected chi connectivity index (χ0v) is 12.9. The first-order valence-corrected chi connectivity index (χ1v) is 7.14. The van der Waals surface area contributed by atoms with Crippen molar-refractivity contribution in [2.75, 3.05) is 0 Å². The summed E-state index contributed by atoms with van der Waals surface area (Å²) in [4.78, 5) is 12.1. The topological polar surface area (TPSA) is 29.1 Å². The number of rotatable bonds is 3. The van der Waals surface area contributed by atoms with Crippen molar-refractivity contribution in [3.8, 4) is 0 Å². The van der Waals surface area contributed by atoms with Gasteiger partial charge in [0.05, 0.1) is 22.7 Å². The zero-order valence-electron chi connectivity index (χ0n) is 12.9. The van der Waals surface area contributed by atoms with Crippen molar-refractivity contribution in [2.24, 2.45) is 0 Å². The first kappa shape index (κ1) is 18.8. The van der Waals surface area contributed by atoms with Gasteiger partial charge in [0.25, 0.3) is 5.91 Å². The van der Waals surface area contributed by atoms with E-state index in [-0.39, 0.29) is 0 Å². The van der Waals surface area contributed by atoms with Gasteiger partial charge in [-0.25, -0.2) is 0 Å². The Kier molecular flexibility index (Phi) is 5.10. The monoisotopic (exact) mass is 361 g/mol. The normalized spacial score (nSPS) is 13.4. The fourth-order valence-corrected chi connectivity index (χ4v) is 2.25. The maximum absolute atomic E-state index is 12.9. The van der Waals surface area contributed by atoms with Gasteiger partial charge >= 0.3 is 12.4 Å². The Morgan fingerprint density at radius 3 is 1.96 bits per heavy atom. The van der Waals surface area contributed by atoms with Crippen LogP contribution in [0.5, 0.6) is 0 Å².